The Morgan fingerprint density at radius 3 is 3.00 bits per heavy atom. The average Bonchev–Trinajstić information content (AvgIpc) is 2.48. The topological polar surface area (TPSA) is 57.3 Å². The number of likely N-dealkylation sites (N-methyl/N-ethyl adjacent to an activating group) is 1. The van der Waals surface area contributed by atoms with E-state index in [4.69, 9.17) is 0 Å². The van der Waals surface area contributed by atoms with Crippen LogP contribution in [0.4, 0.5) is 5.69 Å². The normalized spacial score (nSPS) is 19.3. The van der Waals surface area contributed by atoms with Gasteiger partial charge in [-0.1, -0.05) is 6.92 Å². The monoisotopic (exact) mass is 290 g/mol. The molecule has 0 aromatic carbocycles. The number of hydrogen-bond acceptors (Lipinski definition) is 4. The van der Waals surface area contributed by atoms with Crippen LogP contribution in [0.15, 0.2) is 12.3 Å². The number of amides is 1. The summed E-state index contributed by atoms with van der Waals surface area (Å²) >= 11 is 0. The van der Waals surface area contributed by atoms with Gasteiger partial charge < -0.3 is 15.5 Å². The Balaban J connectivity index is 2.06. The number of carbonyl (C=O) groups is 1. The molecule has 1 aliphatic heterocycles. The van der Waals surface area contributed by atoms with Gasteiger partial charge in [-0.2, -0.15) is 0 Å². The van der Waals surface area contributed by atoms with Crippen molar-refractivity contribution in [3.05, 3.63) is 23.5 Å². The molecule has 5 nitrogen and oxygen atoms in total. The van der Waals surface area contributed by atoms with E-state index in [0.29, 0.717) is 5.56 Å². The van der Waals surface area contributed by atoms with Crippen LogP contribution in [-0.4, -0.2) is 48.0 Å². The van der Waals surface area contributed by atoms with E-state index in [-0.39, 0.29) is 11.9 Å². The van der Waals surface area contributed by atoms with Crippen molar-refractivity contribution in [2.45, 2.75) is 39.7 Å². The van der Waals surface area contributed by atoms with E-state index in [0.717, 1.165) is 50.4 Å². The Morgan fingerprint density at radius 2 is 2.29 bits per heavy atom. The molecule has 5 heteroatoms. The van der Waals surface area contributed by atoms with Crippen LogP contribution in [0.2, 0.25) is 0 Å². The highest BCUT2D eigenvalue weighted by molar-refractivity contribution is 5.99. The molecule has 1 aromatic heterocycles. The van der Waals surface area contributed by atoms with Crippen LogP contribution in [0.5, 0.6) is 0 Å². The van der Waals surface area contributed by atoms with E-state index >= 15 is 0 Å². The van der Waals surface area contributed by atoms with Crippen LogP contribution in [0.1, 0.15) is 42.7 Å². The maximum Gasteiger partial charge on any atom is 0.255 e. The average molecular weight is 290 g/mol. The lowest BCUT2D eigenvalue weighted by molar-refractivity contribution is 0.0906. The smallest absolute Gasteiger partial charge is 0.255 e. The van der Waals surface area contributed by atoms with Crippen molar-refractivity contribution in [1.29, 1.82) is 0 Å². The third-order valence-corrected chi connectivity index (χ3v) is 3.94. The van der Waals surface area contributed by atoms with Gasteiger partial charge in [0.15, 0.2) is 0 Å². The number of piperidine rings is 1. The number of likely N-dealkylation sites (tertiary alicyclic amines) is 1. The summed E-state index contributed by atoms with van der Waals surface area (Å²) in [5.74, 6) is -0.0265. The van der Waals surface area contributed by atoms with E-state index in [2.05, 4.69) is 27.4 Å². The Hall–Kier alpha value is -1.62. The van der Waals surface area contributed by atoms with Crippen molar-refractivity contribution in [1.82, 2.24) is 15.2 Å². The third-order valence-electron chi connectivity index (χ3n) is 3.94. The summed E-state index contributed by atoms with van der Waals surface area (Å²) in [5, 5.41) is 6.40. The third kappa shape index (κ3) is 4.17. The van der Waals surface area contributed by atoms with Crippen molar-refractivity contribution in [2.75, 3.05) is 31.5 Å². The molecule has 2 heterocycles. The predicted octanol–water partition coefficient (Wildman–Crippen LogP) is 2.04. The van der Waals surface area contributed by atoms with Gasteiger partial charge in [0.2, 0.25) is 0 Å². The highest BCUT2D eigenvalue weighted by atomic mass is 16.1. The number of anilines is 1. The fourth-order valence-corrected chi connectivity index (χ4v) is 2.80. The van der Waals surface area contributed by atoms with Crippen LogP contribution in [0.25, 0.3) is 0 Å². The van der Waals surface area contributed by atoms with Gasteiger partial charge >= 0.3 is 0 Å². The van der Waals surface area contributed by atoms with E-state index in [1.54, 1.807) is 6.20 Å². The molecule has 0 saturated carbocycles. The quantitative estimate of drug-likeness (QED) is 0.871. The number of aromatic nitrogens is 1. The van der Waals surface area contributed by atoms with Crippen LogP contribution in [0, 0.1) is 6.92 Å². The lowest BCUT2D eigenvalue weighted by atomic mass is 10.0. The summed E-state index contributed by atoms with van der Waals surface area (Å²) in [6.07, 6.45) is 3.87. The standard InChI is InChI=1S/C16H26N4O/c1-4-17-15-9-12(3)18-10-14(15)16(21)19-13-7-6-8-20(5-2)11-13/h9-10,13H,4-8,11H2,1-3H3,(H,17,18)(H,19,21). The van der Waals surface area contributed by atoms with Gasteiger partial charge in [0.25, 0.3) is 5.91 Å². The van der Waals surface area contributed by atoms with E-state index in [9.17, 15) is 4.79 Å². The van der Waals surface area contributed by atoms with Gasteiger partial charge in [-0.05, 0) is 45.8 Å². The van der Waals surface area contributed by atoms with Gasteiger partial charge in [-0.3, -0.25) is 9.78 Å². The van der Waals surface area contributed by atoms with Crippen molar-refractivity contribution >= 4 is 11.6 Å². The van der Waals surface area contributed by atoms with Crippen molar-refractivity contribution < 1.29 is 4.79 Å². The largest absolute Gasteiger partial charge is 0.385 e. The number of hydrogen-bond donors (Lipinski definition) is 2. The van der Waals surface area contributed by atoms with Gasteiger partial charge in [-0.15, -0.1) is 0 Å². The second-order valence-corrected chi connectivity index (χ2v) is 5.61. The Bertz CT molecular complexity index is 489. The molecule has 1 aromatic rings. The second-order valence-electron chi connectivity index (χ2n) is 5.61. The summed E-state index contributed by atoms with van der Waals surface area (Å²) in [6.45, 7) is 10.0. The van der Waals surface area contributed by atoms with Gasteiger partial charge in [0.05, 0.1) is 11.3 Å². The molecule has 1 atom stereocenters. The molecule has 1 unspecified atom stereocenters. The highest BCUT2D eigenvalue weighted by Gasteiger charge is 2.22. The summed E-state index contributed by atoms with van der Waals surface area (Å²) in [4.78, 5) is 19.1. The molecular formula is C16H26N4O. The number of rotatable bonds is 5. The second kappa shape index (κ2) is 7.41. The Kier molecular flexibility index (Phi) is 5.56. The van der Waals surface area contributed by atoms with Gasteiger partial charge in [0, 0.05) is 31.0 Å². The maximum atomic E-state index is 12.5. The van der Waals surface area contributed by atoms with Crippen LogP contribution >= 0.6 is 0 Å². The van der Waals surface area contributed by atoms with E-state index in [1.165, 1.54) is 0 Å². The fourth-order valence-electron chi connectivity index (χ4n) is 2.80. The number of nitrogens with one attached hydrogen (secondary N) is 2. The summed E-state index contributed by atoms with van der Waals surface area (Å²) in [5.41, 5.74) is 2.42. The molecule has 116 valence electrons. The van der Waals surface area contributed by atoms with Crippen LogP contribution in [-0.2, 0) is 0 Å². The fraction of sp³-hybridized carbons (Fsp3) is 0.625. The SMILES string of the molecule is CCNc1cc(C)ncc1C(=O)NC1CCCN(CC)C1. The minimum absolute atomic E-state index is 0.0265. The molecule has 0 spiro atoms. The number of aryl methyl sites for hydroxylation is 1. The first-order valence-electron chi connectivity index (χ1n) is 7.87. The number of nitrogens with zero attached hydrogens (tertiary/aromatic N) is 2. The predicted molar refractivity (Wildman–Crippen MR) is 85.7 cm³/mol. The van der Waals surface area contributed by atoms with Gasteiger partial charge in [0.1, 0.15) is 0 Å². The summed E-state index contributed by atoms with van der Waals surface area (Å²) < 4.78 is 0. The minimum atomic E-state index is -0.0265. The molecule has 1 fully saturated rings. The first-order valence-corrected chi connectivity index (χ1v) is 7.87. The van der Waals surface area contributed by atoms with E-state index < -0.39 is 0 Å². The molecule has 0 aliphatic carbocycles. The maximum absolute atomic E-state index is 12.5. The Morgan fingerprint density at radius 1 is 1.48 bits per heavy atom. The Labute approximate surface area is 127 Å². The molecule has 1 saturated heterocycles. The number of carbonyl (C=O) groups excluding carboxylic acids is 1. The molecule has 2 rings (SSSR count). The molecule has 1 amide bonds. The summed E-state index contributed by atoms with van der Waals surface area (Å²) in [7, 11) is 0. The molecule has 21 heavy (non-hydrogen) atoms. The molecular weight excluding hydrogens is 264 g/mol. The van der Waals surface area contributed by atoms with Gasteiger partial charge in [-0.25, -0.2) is 0 Å². The summed E-state index contributed by atoms with van der Waals surface area (Å²) in [6, 6.07) is 2.17. The zero-order chi connectivity index (χ0) is 15.2. The van der Waals surface area contributed by atoms with Crippen LogP contribution < -0.4 is 10.6 Å². The highest BCUT2D eigenvalue weighted by Crippen LogP contribution is 2.17. The zero-order valence-corrected chi connectivity index (χ0v) is 13.3. The van der Waals surface area contributed by atoms with Crippen LogP contribution in [0.3, 0.4) is 0 Å². The molecule has 0 bridgehead atoms. The number of pyridine rings is 1. The van der Waals surface area contributed by atoms with E-state index in [1.807, 2.05) is 19.9 Å². The first kappa shape index (κ1) is 15.8. The van der Waals surface area contributed by atoms with Crippen molar-refractivity contribution in [2.24, 2.45) is 0 Å². The lowest BCUT2D eigenvalue weighted by Crippen LogP contribution is -2.47. The lowest BCUT2D eigenvalue weighted by Gasteiger charge is -2.32. The minimum Gasteiger partial charge on any atom is -0.385 e. The molecule has 0 radical (unpaired) electrons. The zero-order valence-electron chi connectivity index (χ0n) is 13.3. The molecule has 2 N–H and O–H groups in total. The first-order chi connectivity index (χ1) is 10.1. The van der Waals surface area contributed by atoms with Crippen molar-refractivity contribution in [3.8, 4) is 0 Å². The molecule has 1 aliphatic rings. The van der Waals surface area contributed by atoms with Crippen molar-refractivity contribution in [3.63, 3.8) is 0 Å².